The van der Waals surface area contributed by atoms with Gasteiger partial charge in [-0.15, -0.1) is 0 Å². The Hall–Kier alpha value is -0.870. The van der Waals surface area contributed by atoms with Gasteiger partial charge in [0.2, 0.25) is 0 Å². The summed E-state index contributed by atoms with van der Waals surface area (Å²) in [7, 11) is 2.04. The van der Waals surface area contributed by atoms with Gasteiger partial charge in [-0.25, -0.2) is 4.98 Å². The maximum absolute atomic E-state index is 5.39. The normalized spacial score (nSPS) is 22.5. The van der Waals surface area contributed by atoms with Crippen molar-refractivity contribution in [2.75, 3.05) is 19.8 Å². The van der Waals surface area contributed by atoms with E-state index < -0.39 is 0 Å². The van der Waals surface area contributed by atoms with Gasteiger partial charge in [0.05, 0.1) is 6.61 Å². The van der Waals surface area contributed by atoms with Gasteiger partial charge in [0.25, 0.3) is 0 Å². The Balaban J connectivity index is 1.69. The number of hydrogen-bond donors (Lipinski definition) is 1. The average molecular weight is 223 g/mol. The van der Waals surface area contributed by atoms with Gasteiger partial charge in [-0.3, -0.25) is 0 Å². The van der Waals surface area contributed by atoms with Crippen molar-refractivity contribution in [1.82, 2.24) is 14.9 Å². The average Bonchev–Trinajstić information content (AvgIpc) is 2.90. The maximum atomic E-state index is 5.39. The molecule has 0 saturated carbocycles. The first-order chi connectivity index (χ1) is 7.77. The lowest BCUT2D eigenvalue weighted by atomic mass is 10.0. The lowest BCUT2D eigenvalue weighted by Gasteiger charge is -2.19. The highest BCUT2D eigenvalue weighted by atomic mass is 16.5. The first-order valence-electron chi connectivity index (χ1n) is 6.04. The SMILES string of the molecule is CC(NCCc1nccn1C)C1CCOC1. The number of imidazole rings is 1. The second kappa shape index (κ2) is 5.46. The van der Waals surface area contributed by atoms with E-state index in [0.29, 0.717) is 12.0 Å². The lowest BCUT2D eigenvalue weighted by molar-refractivity contribution is 0.178. The molecule has 1 saturated heterocycles. The third-order valence-corrected chi connectivity index (χ3v) is 3.41. The van der Waals surface area contributed by atoms with E-state index in [9.17, 15) is 0 Å². The van der Waals surface area contributed by atoms with Crippen LogP contribution in [0.15, 0.2) is 12.4 Å². The molecule has 2 unspecified atom stereocenters. The summed E-state index contributed by atoms with van der Waals surface area (Å²) in [6.07, 6.45) is 6.02. The summed E-state index contributed by atoms with van der Waals surface area (Å²) in [4.78, 5) is 4.31. The Morgan fingerprint density at radius 3 is 3.19 bits per heavy atom. The molecule has 0 aromatic carbocycles. The van der Waals surface area contributed by atoms with Crippen molar-refractivity contribution in [3.63, 3.8) is 0 Å². The van der Waals surface area contributed by atoms with Crippen LogP contribution < -0.4 is 5.32 Å². The second-order valence-electron chi connectivity index (χ2n) is 4.57. The van der Waals surface area contributed by atoms with E-state index in [-0.39, 0.29) is 0 Å². The predicted octanol–water partition coefficient (Wildman–Crippen LogP) is 0.977. The molecule has 4 heteroatoms. The topological polar surface area (TPSA) is 39.1 Å². The number of nitrogens with one attached hydrogen (secondary N) is 1. The van der Waals surface area contributed by atoms with E-state index in [1.54, 1.807) is 0 Å². The number of ether oxygens (including phenoxy) is 1. The van der Waals surface area contributed by atoms with Crippen LogP contribution in [0, 0.1) is 5.92 Å². The highest BCUT2D eigenvalue weighted by molar-refractivity contribution is 4.91. The number of hydrogen-bond acceptors (Lipinski definition) is 3. The van der Waals surface area contributed by atoms with Crippen LogP contribution in [0.5, 0.6) is 0 Å². The molecule has 2 atom stereocenters. The molecule has 4 nitrogen and oxygen atoms in total. The molecule has 1 aromatic heterocycles. The molecule has 0 spiro atoms. The van der Waals surface area contributed by atoms with E-state index in [1.165, 1.54) is 6.42 Å². The van der Waals surface area contributed by atoms with Gasteiger partial charge in [-0.2, -0.15) is 0 Å². The maximum Gasteiger partial charge on any atom is 0.109 e. The Labute approximate surface area is 97.0 Å². The molecule has 1 aliphatic rings. The summed E-state index contributed by atoms with van der Waals surface area (Å²) in [6, 6.07) is 0.544. The minimum absolute atomic E-state index is 0.544. The number of rotatable bonds is 5. The molecule has 1 fully saturated rings. The Morgan fingerprint density at radius 2 is 2.56 bits per heavy atom. The van der Waals surface area contributed by atoms with Gasteiger partial charge in [-0.1, -0.05) is 0 Å². The fourth-order valence-corrected chi connectivity index (χ4v) is 2.16. The zero-order valence-corrected chi connectivity index (χ0v) is 10.1. The molecular weight excluding hydrogens is 202 g/mol. The zero-order chi connectivity index (χ0) is 11.4. The van der Waals surface area contributed by atoms with Gasteiger partial charge in [-0.05, 0) is 19.3 Å². The molecule has 90 valence electrons. The fourth-order valence-electron chi connectivity index (χ4n) is 2.16. The standard InChI is InChI=1S/C12H21N3O/c1-10(11-4-8-16-9-11)13-5-3-12-14-6-7-15(12)2/h6-7,10-11,13H,3-5,8-9H2,1-2H3. The third kappa shape index (κ3) is 2.83. The summed E-state index contributed by atoms with van der Waals surface area (Å²) in [5, 5.41) is 3.56. The van der Waals surface area contributed by atoms with E-state index in [0.717, 1.165) is 32.0 Å². The second-order valence-corrected chi connectivity index (χ2v) is 4.57. The van der Waals surface area contributed by atoms with Crippen LogP contribution in [0.3, 0.4) is 0 Å². The molecule has 0 radical (unpaired) electrons. The Morgan fingerprint density at radius 1 is 1.69 bits per heavy atom. The highest BCUT2D eigenvalue weighted by Crippen LogP contribution is 2.16. The number of aryl methyl sites for hydroxylation is 1. The van der Waals surface area contributed by atoms with Crippen LogP contribution in [0.2, 0.25) is 0 Å². The summed E-state index contributed by atoms with van der Waals surface area (Å²) in [5.41, 5.74) is 0. The van der Waals surface area contributed by atoms with Crippen LogP contribution in [0.4, 0.5) is 0 Å². The Bertz CT molecular complexity index is 318. The summed E-state index contributed by atoms with van der Waals surface area (Å²) in [5.74, 6) is 1.82. The van der Waals surface area contributed by atoms with E-state index in [1.807, 2.05) is 19.4 Å². The molecule has 1 N–H and O–H groups in total. The number of aromatic nitrogens is 2. The minimum atomic E-state index is 0.544. The lowest BCUT2D eigenvalue weighted by Crippen LogP contribution is -2.35. The molecular formula is C12H21N3O. The van der Waals surface area contributed by atoms with E-state index in [2.05, 4.69) is 21.8 Å². The van der Waals surface area contributed by atoms with E-state index >= 15 is 0 Å². The van der Waals surface area contributed by atoms with Gasteiger partial charge in [0.1, 0.15) is 5.82 Å². The minimum Gasteiger partial charge on any atom is -0.381 e. The monoisotopic (exact) mass is 223 g/mol. The largest absolute Gasteiger partial charge is 0.381 e. The zero-order valence-electron chi connectivity index (χ0n) is 10.1. The molecule has 0 amide bonds. The van der Waals surface area contributed by atoms with Crippen molar-refractivity contribution >= 4 is 0 Å². The van der Waals surface area contributed by atoms with Crippen molar-refractivity contribution in [2.24, 2.45) is 13.0 Å². The molecule has 0 bridgehead atoms. The van der Waals surface area contributed by atoms with Gasteiger partial charge < -0.3 is 14.6 Å². The molecule has 1 aromatic rings. The van der Waals surface area contributed by atoms with E-state index in [4.69, 9.17) is 4.74 Å². The van der Waals surface area contributed by atoms with Crippen LogP contribution in [0.1, 0.15) is 19.2 Å². The van der Waals surface area contributed by atoms with Crippen LogP contribution >= 0.6 is 0 Å². The first-order valence-corrected chi connectivity index (χ1v) is 6.04. The molecule has 0 aliphatic carbocycles. The van der Waals surface area contributed by atoms with Crippen LogP contribution in [0.25, 0.3) is 0 Å². The van der Waals surface area contributed by atoms with Crippen LogP contribution in [-0.2, 0) is 18.2 Å². The smallest absolute Gasteiger partial charge is 0.109 e. The first kappa shape index (κ1) is 11.6. The predicted molar refractivity (Wildman–Crippen MR) is 63.3 cm³/mol. The quantitative estimate of drug-likeness (QED) is 0.808. The summed E-state index contributed by atoms with van der Waals surface area (Å²) >= 11 is 0. The third-order valence-electron chi connectivity index (χ3n) is 3.41. The van der Waals surface area contributed by atoms with Crippen molar-refractivity contribution < 1.29 is 4.74 Å². The summed E-state index contributed by atoms with van der Waals surface area (Å²) < 4.78 is 7.47. The number of nitrogens with zero attached hydrogens (tertiary/aromatic N) is 2. The molecule has 1 aliphatic heterocycles. The van der Waals surface area contributed by atoms with Crippen molar-refractivity contribution in [1.29, 1.82) is 0 Å². The van der Waals surface area contributed by atoms with Gasteiger partial charge in [0.15, 0.2) is 0 Å². The fraction of sp³-hybridized carbons (Fsp3) is 0.750. The van der Waals surface area contributed by atoms with Crippen molar-refractivity contribution in [2.45, 2.75) is 25.8 Å². The van der Waals surface area contributed by atoms with Crippen LogP contribution in [-0.4, -0.2) is 35.4 Å². The molecule has 2 heterocycles. The highest BCUT2D eigenvalue weighted by Gasteiger charge is 2.21. The molecule has 2 rings (SSSR count). The molecule has 16 heavy (non-hydrogen) atoms. The van der Waals surface area contributed by atoms with Gasteiger partial charge in [0, 0.05) is 45.1 Å². The Kier molecular flexibility index (Phi) is 3.96. The van der Waals surface area contributed by atoms with Gasteiger partial charge >= 0.3 is 0 Å². The summed E-state index contributed by atoms with van der Waals surface area (Å²) in [6.45, 7) is 5.08. The van der Waals surface area contributed by atoms with Crippen molar-refractivity contribution in [3.8, 4) is 0 Å². The van der Waals surface area contributed by atoms with Crippen molar-refractivity contribution in [3.05, 3.63) is 18.2 Å².